The van der Waals surface area contributed by atoms with Gasteiger partial charge in [-0.25, -0.2) is 13.1 Å². The molecular weight excluding hydrogens is 378 g/mol. The zero-order valence-corrected chi connectivity index (χ0v) is 18.1. The van der Waals surface area contributed by atoms with E-state index in [0.717, 1.165) is 37.8 Å². The van der Waals surface area contributed by atoms with Gasteiger partial charge in [-0.05, 0) is 63.0 Å². The number of carbonyl (C=O) groups excluding carboxylic acids is 1. The molecule has 0 unspecified atom stereocenters. The van der Waals surface area contributed by atoms with Crippen LogP contribution in [-0.2, 0) is 32.4 Å². The summed E-state index contributed by atoms with van der Waals surface area (Å²) in [7, 11) is 1.89. The molecule has 0 heterocycles. The molecule has 8 heteroatoms. The second kappa shape index (κ2) is 10.9. The number of nitrogens with zero attached hydrogens (tertiary/aromatic N) is 2. The third kappa shape index (κ3) is 6.84. The van der Waals surface area contributed by atoms with Crippen molar-refractivity contribution in [3.8, 4) is 0 Å². The van der Waals surface area contributed by atoms with Crippen LogP contribution in [0.2, 0.25) is 0 Å². The minimum atomic E-state index is -3.61. The fourth-order valence-electron chi connectivity index (χ4n) is 3.29. The molecule has 1 amide bonds. The van der Waals surface area contributed by atoms with Crippen molar-refractivity contribution in [2.45, 2.75) is 37.0 Å². The molecule has 1 aromatic carbocycles. The lowest BCUT2D eigenvalue weighted by Gasteiger charge is -2.24. The summed E-state index contributed by atoms with van der Waals surface area (Å²) < 4.78 is 32.8. The smallest absolute Gasteiger partial charge is 0.240 e. The number of aryl methyl sites for hydroxylation is 2. The Morgan fingerprint density at radius 2 is 1.82 bits per heavy atom. The van der Waals surface area contributed by atoms with E-state index in [9.17, 15) is 13.2 Å². The minimum Gasteiger partial charge on any atom is -0.383 e. The number of hydrogen-bond acceptors (Lipinski definition) is 5. The average molecular weight is 412 g/mol. The van der Waals surface area contributed by atoms with Gasteiger partial charge in [0, 0.05) is 39.7 Å². The van der Waals surface area contributed by atoms with Crippen molar-refractivity contribution in [3.05, 3.63) is 29.3 Å². The molecule has 0 aromatic heterocycles. The van der Waals surface area contributed by atoms with Gasteiger partial charge in [-0.3, -0.25) is 4.79 Å². The maximum Gasteiger partial charge on any atom is 0.240 e. The maximum atomic E-state index is 12.6. The number of benzene rings is 1. The predicted octanol–water partition coefficient (Wildman–Crippen LogP) is 1.27. The molecule has 2 rings (SSSR count). The van der Waals surface area contributed by atoms with E-state index in [-0.39, 0.29) is 23.8 Å². The number of fused-ring (bicyclic) bond motifs is 1. The van der Waals surface area contributed by atoms with Crippen LogP contribution in [0.1, 0.15) is 30.4 Å². The number of amides is 1. The summed E-state index contributed by atoms with van der Waals surface area (Å²) in [4.78, 5) is 16.5. The third-order valence-electron chi connectivity index (χ3n) is 5.00. The molecule has 28 heavy (non-hydrogen) atoms. The molecule has 0 saturated heterocycles. The lowest BCUT2D eigenvalue weighted by Crippen LogP contribution is -2.40. The molecule has 0 radical (unpaired) electrons. The van der Waals surface area contributed by atoms with Crippen molar-refractivity contribution in [1.29, 1.82) is 0 Å². The zero-order chi connectivity index (χ0) is 20.6. The minimum absolute atomic E-state index is 0.0768. The number of nitrogens with one attached hydrogen (secondary N) is 1. The van der Waals surface area contributed by atoms with Gasteiger partial charge in [0.25, 0.3) is 0 Å². The van der Waals surface area contributed by atoms with Crippen LogP contribution in [0.5, 0.6) is 0 Å². The van der Waals surface area contributed by atoms with Gasteiger partial charge in [0.2, 0.25) is 15.9 Å². The van der Waals surface area contributed by atoms with Crippen LogP contribution in [0.15, 0.2) is 23.1 Å². The molecule has 0 fully saturated rings. The van der Waals surface area contributed by atoms with Crippen molar-refractivity contribution in [2.24, 2.45) is 0 Å². The summed E-state index contributed by atoms with van der Waals surface area (Å²) in [5.41, 5.74) is 2.37. The maximum absolute atomic E-state index is 12.6. The molecule has 0 spiro atoms. The Balaban J connectivity index is 1.91. The summed E-state index contributed by atoms with van der Waals surface area (Å²) in [6.07, 6.45) is 4.33. The van der Waals surface area contributed by atoms with Crippen LogP contribution < -0.4 is 4.72 Å². The standard InChI is InChI=1S/C20H33N3O4S/c1-22(2)12-13-23(14-15-27-3)20(24)10-11-21-28(25,26)19-9-8-17-6-4-5-7-18(17)16-19/h8-9,16,21H,4-7,10-15H2,1-3H3. The fourth-order valence-corrected chi connectivity index (χ4v) is 4.38. The summed E-state index contributed by atoms with van der Waals surface area (Å²) in [5, 5.41) is 0. The van der Waals surface area contributed by atoms with E-state index >= 15 is 0 Å². The number of ether oxygens (including phenoxy) is 1. The normalized spacial score (nSPS) is 14.1. The van der Waals surface area contributed by atoms with Crippen molar-refractivity contribution < 1.29 is 17.9 Å². The van der Waals surface area contributed by atoms with Crippen LogP contribution in [0.4, 0.5) is 0 Å². The van der Waals surface area contributed by atoms with Gasteiger partial charge in [0.1, 0.15) is 0 Å². The van der Waals surface area contributed by atoms with Gasteiger partial charge >= 0.3 is 0 Å². The number of carbonyl (C=O) groups is 1. The third-order valence-corrected chi connectivity index (χ3v) is 6.46. The van der Waals surface area contributed by atoms with E-state index in [1.165, 1.54) is 5.56 Å². The number of sulfonamides is 1. The topological polar surface area (TPSA) is 79.0 Å². The van der Waals surface area contributed by atoms with E-state index in [4.69, 9.17) is 4.74 Å². The molecule has 1 N–H and O–H groups in total. The SMILES string of the molecule is COCCN(CCN(C)C)C(=O)CCNS(=O)(=O)c1ccc2c(c1)CCCC2. The Morgan fingerprint density at radius 3 is 2.50 bits per heavy atom. The lowest BCUT2D eigenvalue weighted by molar-refractivity contribution is -0.131. The number of hydrogen-bond donors (Lipinski definition) is 1. The Bertz CT molecular complexity index is 750. The second-order valence-electron chi connectivity index (χ2n) is 7.46. The van der Waals surface area contributed by atoms with Gasteiger partial charge in [0.15, 0.2) is 0 Å². The summed E-state index contributed by atoms with van der Waals surface area (Å²) in [6.45, 7) is 2.38. The highest BCUT2D eigenvalue weighted by molar-refractivity contribution is 7.89. The van der Waals surface area contributed by atoms with Crippen LogP contribution in [0.25, 0.3) is 0 Å². The molecule has 0 bridgehead atoms. The quantitative estimate of drug-likeness (QED) is 0.593. The van der Waals surface area contributed by atoms with E-state index < -0.39 is 10.0 Å². The molecule has 0 atom stereocenters. The number of rotatable bonds is 11. The molecule has 1 aliphatic rings. The van der Waals surface area contributed by atoms with Crippen molar-refractivity contribution in [2.75, 3.05) is 54.0 Å². The highest BCUT2D eigenvalue weighted by Gasteiger charge is 2.19. The molecule has 0 aliphatic heterocycles. The summed E-state index contributed by atoms with van der Waals surface area (Å²) in [6, 6.07) is 5.36. The monoisotopic (exact) mass is 411 g/mol. The van der Waals surface area contributed by atoms with Gasteiger partial charge in [-0.2, -0.15) is 0 Å². The second-order valence-corrected chi connectivity index (χ2v) is 9.23. The Hall–Kier alpha value is -1.48. The Labute approximate surface area is 169 Å². The van der Waals surface area contributed by atoms with Gasteiger partial charge in [-0.15, -0.1) is 0 Å². The van der Waals surface area contributed by atoms with E-state index in [2.05, 4.69) is 4.72 Å². The lowest BCUT2D eigenvalue weighted by atomic mass is 9.92. The average Bonchev–Trinajstić information content (AvgIpc) is 2.67. The largest absolute Gasteiger partial charge is 0.383 e. The van der Waals surface area contributed by atoms with Crippen molar-refractivity contribution in [1.82, 2.24) is 14.5 Å². The van der Waals surface area contributed by atoms with Crippen molar-refractivity contribution >= 4 is 15.9 Å². The van der Waals surface area contributed by atoms with Gasteiger partial charge in [0.05, 0.1) is 11.5 Å². The first-order valence-electron chi connectivity index (χ1n) is 9.86. The van der Waals surface area contributed by atoms with E-state index in [1.54, 1.807) is 24.1 Å². The predicted molar refractivity (Wildman–Crippen MR) is 110 cm³/mol. The Morgan fingerprint density at radius 1 is 1.11 bits per heavy atom. The fraction of sp³-hybridized carbons (Fsp3) is 0.650. The Kier molecular flexibility index (Phi) is 8.88. The zero-order valence-electron chi connectivity index (χ0n) is 17.2. The first-order valence-corrected chi connectivity index (χ1v) is 11.3. The number of likely N-dealkylation sites (N-methyl/N-ethyl adjacent to an activating group) is 1. The molecular formula is C20H33N3O4S. The van der Waals surface area contributed by atoms with Crippen LogP contribution in [0.3, 0.4) is 0 Å². The first-order chi connectivity index (χ1) is 13.3. The highest BCUT2D eigenvalue weighted by Crippen LogP contribution is 2.24. The molecule has 158 valence electrons. The van der Waals surface area contributed by atoms with Crippen molar-refractivity contribution in [3.63, 3.8) is 0 Å². The van der Waals surface area contributed by atoms with Gasteiger partial charge in [-0.1, -0.05) is 6.07 Å². The first kappa shape index (κ1) is 22.8. The van der Waals surface area contributed by atoms with E-state index in [0.29, 0.717) is 19.7 Å². The molecule has 0 saturated carbocycles. The summed E-state index contributed by atoms with van der Waals surface area (Å²) >= 11 is 0. The molecule has 1 aromatic rings. The van der Waals surface area contributed by atoms with E-state index in [1.807, 2.05) is 25.1 Å². The van der Waals surface area contributed by atoms with Crippen LogP contribution >= 0.6 is 0 Å². The molecule has 7 nitrogen and oxygen atoms in total. The number of methoxy groups -OCH3 is 1. The van der Waals surface area contributed by atoms with Crippen LogP contribution in [0, 0.1) is 0 Å². The highest BCUT2D eigenvalue weighted by atomic mass is 32.2. The molecule has 1 aliphatic carbocycles. The van der Waals surface area contributed by atoms with Crippen LogP contribution in [-0.4, -0.2) is 78.1 Å². The summed E-state index contributed by atoms with van der Waals surface area (Å²) in [5.74, 6) is -0.0768. The van der Waals surface area contributed by atoms with Gasteiger partial charge < -0.3 is 14.5 Å².